The van der Waals surface area contributed by atoms with Gasteiger partial charge in [-0.05, 0) is 46.5 Å². The molecule has 0 rings (SSSR count). The Morgan fingerprint density at radius 1 is 1.28 bits per heavy atom. The summed E-state index contributed by atoms with van der Waals surface area (Å²) in [4.78, 5) is 0. The number of thioether (sulfide) groups is 2. The van der Waals surface area contributed by atoms with Crippen LogP contribution in [0.3, 0.4) is 0 Å². The van der Waals surface area contributed by atoms with Gasteiger partial charge in [-0.15, -0.1) is 11.8 Å². The number of rotatable bonds is 11. The van der Waals surface area contributed by atoms with Crippen LogP contribution in [0.15, 0.2) is 0 Å². The Hall–Kier alpha value is 0.540. The minimum absolute atomic E-state index is 0.0494. The van der Waals surface area contributed by atoms with Gasteiger partial charge in [0.2, 0.25) is 0 Å². The zero-order chi connectivity index (χ0) is 14.0. The SMILES string of the molecule is CSC(CSC(C)(C)CO)NCCCN[C@@H](C)N. The Morgan fingerprint density at radius 2 is 1.89 bits per heavy atom. The van der Waals surface area contributed by atoms with Gasteiger partial charge in [-0.25, -0.2) is 0 Å². The molecule has 0 heterocycles. The molecular formula is C12H29N3OS2. The van der Waals surface area contributed by atoms with Crippen molar-refractivity contribution >= 4 is 23.5 Å². The quantitative estimate of drug-likeness (QED) is 0.337. The predicted octanol–water partition coefficient (Wildman–Crippen LogP) is 1.05. The van der Waals surface area contributed by atoms with Gasteiger partial charge in [0, 0.05) is 10.5 Å². The first-order valence-corrected chi connectivity index (χ1v) is 8.68. The number of nitrogens with one attached hydrogen (secondary N) is 2. The summed E-state index contributed by atoms with van der Waals surface area (Å²) in [6.45, 7) is 8.25. The number of nitrogens with two attached hydrogens (primary N) is 1. The van der Waals surface area contributed by atoms with Gasteiger partial charge in [0.05, 0.1) is 18.1 Å². The van der Waals surface area contributed by atoms with Gasteiger partial charge in [-0.3, -0.25) is 0 Å². The molecule has 0 radical (unpaired) electrons. The highest BCUT2D eigenvalue weighted by molar-refractivity contribution is 8.03. The number of aliphatic hydroxyl groups excluding tert-OH is 1. The van der Waals surface area contributed by atoms with Crippen LogP contribution in [-0.2, 0) is 0 Å². The molecule has 0 aromatic rings. The number of hydrogen-bond acceptors (Lipinski definition) is 6. The molecule has 6 heteroatoms. The lowest BCUT2D eigenvalue weighted by atomic mass is 10.2. The monoisotopic (exact) mass is 295 g/mol. The standard InChI is InChI=1S/C12H29N3OS2/c1-10(13)14-6-5-7-15-11(17-4)8-18-12(2,3)9-16/h10-11,14-16H,5-9,13H2,1-4H3/t10-,11?/m0/s1. The third-order valence-corrected chi connectivity index (χ3v) is 5.01. The third-order valence-electron chi connectivity index (χ3n) is 2.48. The van der Waals surface area contributed by atoms with Gasteiger partial charge in [0.15, 0.2) is 0 Å². The number of hydrogen-bond donors (Lipinski definition) is 4. The van der Waals surface area contributed by atoms with Crippen LogP contribution in [0.5, 0.6) is 0 Å². The van der Waals surface area contributed by atoms with Crippen molar-refractivity contribution in [3.05, 3.63) is 0 Å². The van der Waals surface area contributed by atoms with Crippen molar-refractivity contribution < 1.29 is 5.11 Å². The van der Waals surface area contributed by atoms with Crippen LogP contribution in [0.2, 0.25) is 0 Å². The highest BCUT2D eigenvalue weighted by Gasteiger charge is 2.19. The molecule has 18 heavy (non-hydrogen) atoms. The summed E-state index contributed by atoms with van der Waals surface area (Å²) in [5, 5.41) is 16.4. The summed E-state index contributed by atoms with van der Waals surface area (Å²) in [5.41, 5.74) is 5.61. The summed E-state index contributed by atoms with van der Waals surface area (Å²) < 4.78 is -0.0494. The van der Waals surface area contributed by atoms with E-state index in [1.54, 1.807) is 0 Å². The molecule has 0 aliphatic heterocycles. The van der Waals surface area contributed by atoms with Gasteiger partial charge in [-0.1, -0.05) is 0 Å². The van der Waals surface area contributed by atoms with Crippen LogP contribution in [0.25, 0.3) is 0 Å². The molecule has 0 amide bonds. The topological polar surface area (TPSA) is 70.3 Å². The van der Waals surface area contributed by atoms with Crippen molar-refractivity contribution in [1.82, 2.24) is 10.6 Å². The fraction of sp³-hybridized carbons (Fsp3) is 1.00. The lowest BCUT2D eigenvalue weighted by Crippen LogP contribution is -2.37. The van der Waals surface area contributed by atoms with E-state index >= 15 is 0 Å². The Labute approximate surface area is 120 Å². The molecule has 0 aromatic carbocycles. The van der Waals surface area contributed by atoms with Crippen molar-refractivity contribution in [3.8, 4) is 0 Å². The van der Waals surface area contributed by atoms with Gasteiger partial charge in [0.1, 0.15) is 0 Å². The smallest absolute Gasteiger partial charge is 0.0621 e. The lowest BCUT2D eigenvalue weighted by Gasteiger charge is -2.24. The Balaban J connectivity index is 3.64. The maximum atomic E-state index is 9.21. The second kappa shape index (κ2) is 10.3. The van der Waals surface area contributed by atoms with Crippen molar-refractivity contribution in [2.75, 3.05) is 31.7 Å². The fourth-order valence-corrected chi connectivity index (χ4v) is 3.08. The molecule has 0 aliphatic carbocycles. The summed E-state index contributed by atoms with van der Waals surface area (Å²) in [6, 6.07) is 0. The van der Waals surface area contributed by atoms with Crippen molar-refractivity contribution in [2.24, 2.45) is 5.73 Å². The molecule has 0 bridgehead atoms. The van der Waals surface area contributed by atoms with Crippen molar-refractivity contribution in [1.29, 1.82) is 0 Å². The predicted molar refractivity (Wildman–Crippen MR) is 85.2 cm³/mol. The molecule has 1 unspecified atom stereocenters. The minimum Gasteiger partial charge on any atom is -0.395 e. The summed E-state index contributed by atoms with van der Waals surface area (Å²) in [6.07, 6.45) is 3.26. The second-order valence-electron chi connectivity index (χ2n) is 5.00. The lowest BCUT2D eigenvalue weighted by molar-refractivity contribution is 0.265. The van der Waals surface area contributed by atoms with Gasteiger partial charge < -0.3 is 21.5 Å². The molecule has 5 N–H and O–H groups in total. The Bertz CT molecular complexity index is 204. The van der Waals surface area contributed by atoms with Crippen LogP contribution in [0.4, 0.5) is 0 Å². The van der Waals surface area contributed by atoms with E-state index in [2.05, 4.69) is 30.7 Å². The van der Waals surface area contributed by atoms with Crippen molar-refractivity contribution in [2.45, 2.75) is 43.5 Å². The second-order valence-corrected chi connectivity index (χ2v) is 7.77. The van der Waals surface area contributed by atoms with Crippen LogP contribution >= 0.6 is 23.5 Å². The first-order valence-electron chi connectivity index (χ1n) is 6.41. The molecule has 0 fully saturated rings. The largest absolute Gasteiger partial charge is 0.395 e. The molecule has 0 saturated carbocycles. The first kappa shape index (κ1) is 18.5. The zero-order valence-corrected chi connectivity index (χ0v) is 13.7. The van der Waals surface area contributed by atoms with E-state index in [1.165, 1.54) is 0 Å². The maximum absolute atomic E-state index is 9.21. The third kappa shape index (κ3) is 10.5. The van der Waals surface area contributed by atoms with E-state index in [9.17, 15) is 5.11 Å². The normalized spacial score (nSPS) is 15.7. The maximum Gasteiger partial charge on any atom is 0.0621 e. The van der Waals surface area contributed by atoms with Gasteiger partial charge in [-0.2, -0.15) is 11.8 Å². The molecular weight excluding hydrogens is 266 g/mol. The summed E-state index contributed by atoms with van der Waals surface area (Å²) in [7, 11) is 0. The van der Waals surface area contributed by atoms with E-state index in [0.29, 0.717) is 5.37 Å². The molecule has 2 atom stereocenters. The van der Waals surface area contributed by atoms with Gasteiger partial charge in [0.25, 0.3) is 0 Å². The summed E-state index contributed by atoms with van der Waals surface area (Å²) >= 11 is 3.64. The van der Waals surface area contributed by atoms with E-state index in [0.717, 1.165) is 25.3 Å². The average Bonchev–Trinajstić information content (AvgIpc) is 2.32. The highest BCUT2D eigenvalue weighted by Crippen LogP contribution is 2.25. The fourth-order valence-electron chi connectivity index (χ4n) is 1.24. The van der Waals surface area contributed by atoms with Crippen molar-refractivity contribution in [3.63, 3.8) is 0 Å². The molecule has 0 saturated heterocycles. The minimum atomic E-state index is -0.0494. The van der Waals surface area contributed by atoms with Gasteiger partial charge >= 0.3 is 0 Å². The van der Waals surface area contributed by atoms with Crippen LogP contribution in [0.1, 0.15) is 27.2 Å². The van der Waals surface area contributed by atoms with E-state index < -0.39 is 0 Å². The van der Waals surface area contributed by atoms with E-state index in [1.807, 2.05) is 30.4 Å². The average molecular weight is 296 g/mol. The Morgan fingerprint density at radius 3 is 2.39 bits per heavy atom. The van der Waals surface area contributed by atoms with Crippen LogP contribution in [0, 0.1) is 0 Å². The number of aliphatic hydroxyl groups is 1. The zero-order valence-electron chi connectivity index (χ0n) is 12.0. The van der Waals surface area contributed by atoms with Crippen LogP contribution < -0.4 is 16.4 Å². The Kier molecular flexibility index (Phi) is 10.7. The van der Waals surface area contributed by atoms with E-state index in [4.69, 9.17) is 5.73 Å². The molecule has 0 aliphatic rings. The molecule has 0 aromatic heterocycles. The van der Waals surface area contributed by atoms with Crippen LogP contribution in [-0.4, -0.2) is 53.1 Å². The molecule has 0 spiro atoms. The first-order chi connectivity index (χ1) is 8.41. The highest BCUT2D eigenvalue weighted by atomic mass is 32.2. The molecule has 110 valence electrons. The summed E-state index contributed by atoms with van der Waals surface area (Å²) in [5.74, 6) is 1.01. The van der Waals surface area contributed by atoms with E-state index in [-0.39, 0.29) is 17.5 Å². The molecule has 4 nitrogen and oxygen atoms in total.